The number of aliphatic hydroxyl groups excluding tert-OH is 1. The first-order chi connectivity index (χ1) is 12.9. The lowest BCUT2D eigenvalue weighted by molar-refractivity contribution is 0.242. The third-order valence-electron chi connectivity index (χ3n) is 4.69. The van der Waals surface area contributed by atoms with Gasteiger partial charge in [0.1, 0.15) is 18.6 Å². The van der Waals surface area contributed by atoms with Gasteiger partial charge in [-0.15, -0.1) is 0 Å². The zero-order valence-electron chi connectivity index (χ0n) is 15.8. The number of hydrogen-bond donors (Lipinski definition) is 1. The van der Waals surface area contributed by atoms with Gasteiger partial charge >= 0.3 is 8.32 Å². The van der Waals surface area contributed by atoms with Gasteiger partial charge < -0.3 is 13.9 Å². The summed E-state index contributed by atoms with van der Waals surface area (Å²) in [5.74, 6) is 0.385. The molecule has 0 aliphatic rings. The predicted molar refractivity (Wildman–Crippen MR) is 109 cm³/mol. The van der Waals surface area contributed by atoms with Gasteiger partial charge in [0.2, 0.25) is 5.43 Å². The molecule has 4 nitrogen and oxygen atoms in total. The summed E-state index contributed by atoms with van der Waals surface area (Å²) in [7, 11) is -2.87. The molecule has 0 aliphatic heterocycles. The Balaban J connectivity index is 2.26. The largest absolute Gasteiger partial charge is 0.529 e. The molecule has 1 aromatic heterocycles. The monoisotopic (exact) mass is 380 g/mol. The van der Waals surface area contributed by atoms with E-state index < -0.39 is 8.32 Å². The zero-order valence-corrected chi connectivity index (χ0v) is 16.8. The van der Waals surface area contributed by atoms with Gasteiger partial charge in [-0.2, -0.15) is 0 Å². The molecule has 5 heteroatoms. The molecule has 1 heterocycles. The van der Waals surface area contributed by atoms with Crippen LogP contribution in [0.25, 0.3) is 0 Å². The van der Waals surface area contributed by atoms with Crippen molar-refractivity contribution in [3.05, 3.63) is 89.0 Å². The first kappa shape index (κ1) is 19.1. The summed E-state index contributed by atoms with van der Waals surface area (Å²) < 4.78 is 12.0. The molecule has 0 saturated heterocycles. The first-order valence-electron chi connectivity index (χ1n) is 8.91. The molecule has 140 valence electrons. The summed E-state index contributed by atoms with van der Waals surface area (Å²) in [5.41, 5.74) is -0.293. The Labute approximate surface area is 160 Å². The molecule has 0 amide bonds. The fraction of sp³-hybridized carbons (Fsp3) is 0.227. The highest BCUT2D eigenvalue weighted by atomic mass is 28.4. The maximum atomic E-state index is 12.6. The van der Waals surface area contributed by atoms with Crippen molar-refractivity contribution in [1.29, 1.82) is 0 Å². The Morgan fingerprint density at radius 3 is 1.89 bits per heavy atom. The van der Waals surface area contributed by atoms with Crippen LogP contribution in [0.3, 0.4) is 0 Å². The summed E-state index contributed by atoms with van der Waals surface area (Å²) in [6.07, 6.45) is 1.31. The average molecular weight is 381 g/mol. The van der Waals surface area contributed by atoms with E-state index in [1.165, 1.54) is 12.3 Å². The van der Waals surface area contributed by atoms with E-state index in [2.05, 4.69) is 45.0 Å². The molecule has 0 radical (unpaired) electrons. The normalized spacial score (nSPS) is 12.0. The highest BCUT2D eigenvalue weighted by Gasteiger charge is 2.52. The van der Waals surface area contributed by atoms with Crippen LogP contribution in [0.2, 0.25) is 5.04 Å². The fourth-order valence-corrected chi connectivity index (χ4v) is 7.82. The van der Waals surface area contributed by atoms with Crippen LogP contribution in [0, 0.1) is 0 Å². The molecule has 0 saturated carbocycles. The molecule has 2 aromatic carbocycles. The van der Waals surface area contributed by atoms with E-state index >= 15 is 0 Å². The van der Waals surface area contributed by atoms with Gasteiger partial charge in [-0.1, -0.05) is 81.4 Å². The van der Waals surface area contributed by atoms with Gasteiger partial charge in [-0.05, 0) is 15.4 Å². The highest BCUT2D eigenvalue weighted by Crippen LogP contribution is 2.36. The van der Waals surface area contributed by atoms with Crippen molar-refractivity contribution in [3.63, 3.8) is 0 Å². The molecule has 0 aliphatic carbocycles. The van der Waals surface area contributed by atoms with Crippen LogP contribution in [0.4, 0.5) is 0 Å². The summed E-state index contributed by atoms with van der Waals surface area (Å²) in [4.78, 5) is 12.6. The molecule has 0 fully saturated rings. The van der Waals surface area contributed by atoms with Crippen molar-refractivity contribution >= 4 is 18.7 Å². The third-order valence-corrected chi connectivity index (χ3v) is 9.62. The van der Waals surface area contributed by atoms with E-state index in [0.29, 0.717) is 0 Å². The molecule has 3 aromatic rings. The molecule has 0 unspecified atom stereocenters. The van der Waals surface area contributed by atoms with Crippen molar-refractivity contribution in [3.8, 4) is 5.75 Å². The molecule has 1 N–H and O–H groups in total. The Kier molecular flexibility index (Phi) is 5.35. The van der Waals surface area contributed by atoms with Crippen LogP contribution in [-0.2, 0) is 6.61 Å². The molecular formula is C22H24O4Si. The topological polar surface area (TPSA) is 59.7 Å². The number of hydrogen-bond acceptors (Lipinski definition) is 4. The van der Waals surface area contributed by atoms with Crippen LogP contribution in [-0.4, -0.2) is 13.4 Å². The van der Waals surface area contributed by atoms with E-state index in [1.807, 2.05) is 36.4 Å². The first-order valence-corrected chi connectivity index (χ1v) is 10.8. The van der Waals surface area contributed by atoms with E-state index in [0.717, 1.165) is 10.4 Å². The van der Waals surface area contributed by atoms with Gasteiger partial charge in [0.25, 0.3) is 0 Å². The number of rotatable bonds is 5. The Hall–Kier alpha value is -2.63. The van der Waals surface area contributed by atoms with Crippen molar-refractivity contribution in [2.45, 2.75) is 32.4 Å². The molecule has 27 heavy (non-hydrogen) atoms. The smallest absolute Gasteiger partial charge is 0.320 e. The Bertz CT molecular complexity index is 904. The van der Waals surface area contributed by atoms with Crippen LogP contribution < -0.4 is 20.2 Å². The minimum absolute atomic E-state index is 0.168. The summed E-state index contributed by atoms with van der Waals surface area (Å²) in [6.45, 7) is 6.10. The zero-order chi connectivity index (χ0) is 19.5. The third kappa shape index (κ3) is 3.61. The van der Waals surface area contributed by atoms with Crippen LogP contribution in [0.1, 0.15) is 26.5 Å². The predicted octanol–water partition coefficient (Wildman–Crippen LogP) is 3.07. The maximum Gasteiger partial charge on any atom is 0.320 e. The summed E-state index contributed by atoms with van der Waals surface area (Å²) in [6, 6.07) is 21.5. The summed E-state index contributed by atoms with van der Waals surface area (Å²) in [5, 5.41) is 11.1. The molecule has 0 spiro atoms. The molecule has 0 atom stereocenters. The maximum absolute atomic E-state index is 12.6. The molecular weight excluding hydrogens is 356 g/mol. The highest BCUT2D eigenvalue weighted by molar-refractivity contribution is 7.00. The SMILES string of the molecule is CC(C)(C)[Si](Oc1coc(CO)cc1=O)(c1ccccc1)c1ccccc1. The van der Waals surface area contributed by atoms with Crippen molar-refractivity contribution < 1.29 is 13.9 Å². The molecule has 3 rings (SSSR count). The second kappa shape index (κ2) is 7.54. The van der Waals surface area contributed by atoms with Gasteiger partial charge in [0.05, 0.1) is 0 Å². The van der Waals surface area contributed by atoms with E-state index in [9.17, 15) is 9.90 Å². The van der Waals surface area contributed by atoms with Crippen LogP contribution in [0.15, 0.2) is 82.2 Å². The van der Waals surface area contributed by atoms with Crippen molar-refractivity contribution in [2.75, 3.05) is 0 Å². The van der Waals surface area contributed by atoms with E-state index in [-0.39, 0.29) is 28.6 Å². The van der Waals surface area contributed by atoms with Crippen molar-refractivity contribution in [2.24, 2.45) is 0 Å². The number of benzene rings is 2. The number of aliphatic hydroxyl groups is 1. The Morgan fingerprint density at radius 2 is 1.48 bits per heavy atom. The molecule has 0 bridgehead atoms. The lowest BCUT2D eigenvalue weighted by Crippen LogP contribution is -2.69. The minimum Gasteiger partial charge on any atom is -0.529 e. The van der Waals surface area contributed by atoms with E-state index in [1.54, 1.807) is 0 Å². The average Bonchev–Trinajstić information content (AvgIpc) is 2.67. The fourth-order valence-electron chi connectivity index (χ4n) is 3.41. The standard InChI is InChI=1S/C22H24O4Si/c1-22(2,3)27(18-10-6-4-7-11-18,19-12-8-5-9-13-19)26-21-16-25-17(15-23)14-20(21)24/h4-14,16,23H,15H2,1-3H3. The Morgan fingerprint density at radius 1 is 0.963 bits per heavy atom. The van der Waals surface area contributed by atoms with Crippen molar-refractivity contribution in [1.82, 2.24) is 0 Å². The van der Waals surface area contributed by atoms with Crippen LogP contribution >= 0.6 is 0 Å². The van der Waals surface area contributed by atoms with Gasteiger partial charge in [-0.3, -0.25) is 4.79 Å². The lowest BCUT2D eigenvalue weighted by atomic mass is 10.2. The van der Waals surface area contributed by atoms with Gasteiger partial charge in [0, 0.05) is 6.07 Å². The van der Waals surface area contributed by atoms with Gasteiger partial charge in [-0.25, -0.2) is 0 Å². The minimum atomic E-state index is -2.87. The van der Waals surface area contributed by atoms with Gasteiger partial charge in [0.15, 0.2) is 5.75 Å². The second-order valence-electron chi connectivity index (χ2n) is 7.50. The lowest BCUT2D eigenvalue weighted by Gasteiger charge is -2.42. The summed E-state index contributed by atoms with van der Waals surface area (Å²) >= 11 is 0. The van der Waals surface area contributed by atoms with Crippen LogP contribution in [0.5, 0.6) is 5.75 Å². The van der Waals surface area contributed by atoms with E-state index in [4.69, 9.17) is 8.84 Å². The second-order valence-corrected chi connectivity index (χ2v) is 11.7. The quantitative estimate of drug-likeness (QED) is 0.691.